The largest absolute Gasteiger partial charge is 0.518 e. The molecular weight excluding hydrogens is 164 g/mol. The Morgan fingerprint density at radius 3 is 2.70 bits per heavy atom. The molecule has 1 fully saturated rings. The van der Waals surface area contributed by atoms with E-state index in [1.165, 1.54) is 0 Å². The highest BCUT2D eigenvalue weighted by Crippen LogP contribution is 2.25. The first-order valence-corrected chi connectivity index (χ1v) is 7.52. The highest BCUT2D eigenvalue weighted by molar-refractivity contribution is 8.02. The monoisotopic (exact) mass is 176 g/mol. The van der Waals surface area contributed by atoms with E-state index in [0.29, 0.717) is 0 Å². The number of hydrogen-bond donors (Lipinski definition) is 0. The molecule has 10 heavy (non-hydrogen) atoms. The van der Waals surface area contributed by atoms with E-state index in [2.05, 4.69) is 13.1 Å². The van der Waals surface area contributed by atoms with Gasteiger partial charge in [-0.05, 0) is 20.0 Å². The summed E-state index contributed by atoms with van der Waals surface area (Å²) in [5.41, 5.74) is 0. The predicted molar refractivity (Wildman–Crippen MR) is 45.5 cm³/mol. The molecule has 4 heteroatoms. The lowest BCUT2D eigenvalue weighted by Crippen LogP contribution is -2.44. The van der Waals surface area contributed by atoms with Gasteiger partial charge < -0.3 is 4.43 Å². The topological polar surface area (TPSA) is 26.3 Å². The maximum Gasteiger partial charge on any atom is 0.305 e. The van der Waals surface area contributed by atoms with Gasteiger partial charge in [-0.3, -0.25) is 4.79 Å². The van der Waals surface area contributed by atoms with Gasteiger partial charge in [-0.15, -0.1) is 11.8 Å². The zero-order valence-corrected chi connectivity index (χ0v) is 8.33. The summed E-state index contributed by atoms with van der Waals surface area (Å²) >= 11 is 1.72. The van der Waals surface area contributed by atoms with Crippen LogP contribution in [-0.2, 0) is 9.22 Å². The van der Waals surface area contributed by atoms with Gasteiger partial charge in [0.05, 0.1) is 5.25 Å². The van der Waals surface area contributed by atoms with Crippen molar-refractivity contribution in [1.29, 1.82) is 0 Å². The predicted octanol–water partition coefficient (Wildman–Crippen LogP) is 1.41. The molecule has 1 unspecified atom stereocenters. The molecular formula is C6H12O2SSi. The zero-order valence-electron chi connectivity index (χ0n) is 6.51. The van der Waals surface area contributed by atoms with Crippen molar-refractivity contribution in [1.82, 2.24) is 0 Å². The Morgan fingerprint density at radius 1 is 1.70 bits per heavy atom. The highest BCUT2D eigenvalue weighted by Gasteiger charge is 2.35. The molecule has 0 bridgehead atoms. The Kier molecular flexibility index (Phi) is 2.10. The zero-order chi connectivity index (χ0) is 7.78. The lowest BCUT2D eigenvalue weighted by Gasteiger charge is -2.29. The molecule has 0 aliphatic carbocycles. The molecule has 0 spiro atoms. The van der Waals surface area contributed by atoms with Crippen LogP contribution in [-0.4, -0.2) is 24.9 Å². The van der Waals surface area contributed by atoms with E-state index in [1.807, 2.05) is 6.92 Å². The second-order valence-corrected chi connectivity index (χ2v) is 9.05. The minimum absolute atomic E-state index is 0.0204. The second-order valence-electron chi connectivity index (χ2n) is 3.13. The van der Waals surface area contributed by atoms with Gasteiger partial charge in [0.1, 0.15) is 0 Å². The molecule has 1 atom stereocenters. The Labute approximate surface area is 66.5 Å². The SMILES string of the molecule is CC1SC[Si](C)(C)OC1=O. The molecule has 0 saturated carbocycles. The second kappa shape index (κ2) is 2.58. The van der Waals surface area contributed by atoms with Crippen molar-refractivity contribution in [3.63, 3.8) is 0 Å². The molecule has 1 aliphatic rings. The van der Waals surface area contributed by atoms with Crippen molar-refractivity contribution in [3.8, 4) is 0 Å². The third-order valence-corrected chi connectivity index (χ3v) is 6.28. The Balaban J connectivity index is 2.57. The van der Waals surface area contributed by atoms with Crippen LogP contribution in [0.1, 0.15) is 6.92 Å². The average Bonchev–Trinajstić information content (AvgIpc) is 1.79. The van der Waals surface area contributed by atoms with E-state index < -0.39 is 8.32 Å². The average molecular weight is 176 g/mol. The van der Waals surface area contributed by atoms with E-state index in [9.17, 15) is 4.79 Å². The molecule has 1 aliphatic heterocycles. The van der Waals surface area contributed by atoms with Gasteiger partial charge in [0.2, 0.25) is 0 Å². The molecule has 58 valence electrons. The lowest BCUT2D eigenvalue weighted by atomic mass is 10.5. The van der Waals surface area contributed by atoms with Crippen LogP contribution in [0.5, 0.6) is 0 Å². The van der Waals surface area contributed by atoms with E-state index in [-0.39, 0.29) is 11.2 Å². The third kappa shape index (κ3) is 1.76. The van der Waals surface area contributed by atoms with Crippen molar-refractivity contribution in [2.24, 2.45) is 0 Å². The molecule has 0 aromatic rings. The summed E-state index contributed by atoms with van der Waals surface area (Å²) in [5.74, 6) is -0.0204. The fraction of sp³-hybridized carbons (Fsp3) is 0.833. The molecule has 1 saturated heterocycles. The fourth-order valence-electron chi connectivity index (χ4n) is 0.778. The van der Waals surface area contributed by atoms with Gasteiger partial charge >= 0.3 is 5.97 Å². The van der Waals surface area contributed by atoms with Gasteiger partial charge in [-0.25, -0.2) is 0 Å². The molecule has 0 aromatic carbocycles. The number of hydrogen-bond acceptors (Lipinski definition) is 3. The first kappa shape index (κ1) is 8.14. The van der Waals surface area contributed by atoms with Crippen LogP contribution in [0.2, 0.25) is 13.1 Å². The maximum absolute atomic E-state index is 11.0. The normalized spacial score (nSPS) is 31.5. The summed E-state index contributed by atoms with van der Waals surface area (Å²) in [4.78, 5) is 11.0. The van der Waals surface area contributed by atoms with Gasteiger partial charge in [-0.1, -0.05) is 0 Å². The molecule has 2 nitrogen and oxygen atoms in total. The van der Waals surface area contributed by atoms with Crippen molar-refractivity contribution in [2.75, 3.05) is 5.38 Å². The van der Waals surface area contributed by atoms with Crippen LogP contribution in [0.25, 0.3) is 0 Å². The summed E-state index contributed by atoms with van der Waals surface area (Å²) in [6.45, 7) is 6.05. The molecule has 0 amide bonds. The first-order valence-electron chi connectivity index (χ1n) is 3.36. The number of rotatable bonds is 0. The van der Waals surface area contributed by atoms with Crippen molar-refractivity contribution < 1.29 is 9.22 Å². The lowest BCUT2D eigenvalue weighted by molar-refractivity contribution is -0.134. The number of carbonyl (C=O) groups is 1. The molecule has 0 radical (unpaired) electrons. The highest BCUT2D eigenvalue weighted by atomic mass is 32.2. The Morgan fingerprint density at radius 2 is 2.30 bits per heavy atom. The van der Waals surface area contributed by atoms with Crippen molar-refractivity contribution in [3.05, 3.63) is 0 Å². The van der Waals surface area contributed by atoms with Crippen LogP contribution in [0.4, 0.5) is 0 Å². The minimum Gasteiger partial charge on any atom is -0.518 e. The van der Waals surface area contributed by atoms with E-state index in [1.54, 1.807) is 11.8 Å². The van der Waals surface area contributed by atoms with Crippen molar-refractivity contribution in [2.45, 2.75) is 25.3 Å². The molecule has 0 N–H and O–H groups in total. The summed E-state index contributed by atoms with van der Waals surface area (Å²) in [5, 5.41) is 1.10. The minimum atomic E-state index is -1.58. The molecule has 1 rings (SSSR count). The molecule has 1 heterocycles. The maximum atomic E-state index is 11.0. The summed E-state index contributed by atoms with van der Waals surface area (Å²) in [7, 11) is -1.58. The third-order valence-electron chi connectivity index (χ3n) is 1.39. The standard InChI is InChI=1S/C6H12O2SSi/c1-5-6(7)8-10(2,3)4-9-5/h5H,4H2,1-3H3. The van der Waals surface area contributed by atoms with Gasteiger partial charge in [0.25, 0.3) is 8.32 Å². The van der Waals surface area contributed by atoms with Crippen LogP contribution < -0.4 is 0 Å². The van der Waals surface area contributed by atoms with Gasteiger partial charge in [0, 0.05) is 5.38 Å². The summed E-state index contributed by atoms with van der Waals surface area (Å²) in [6, 6.07) is 0. The van der Waals surface area contributed by atoms with Gasteiger partial charge in [-0.2, -0.15) is 0 Å². The Bertz CT molecular complexity index is 158. The number of thioether (sulfide) groups is 1. The van der Waals surface area contributed by atoms with Crippen LogP contribution in [0.3, 0.4) is 0 Å². The van der Waals surface area contributed by atoms with Gasteiger partial charge in [0.15, 0.2) is 0 Å². The summed E-state index contributed by atoms with van der Waals surface area (Å²) < 4.78 is 5.27. The first-order chi connectivity index (χ1) is 4.51. The quantitative estimate of drug-likeness (QED) is 0.522. The van der Waals surface area contributed by atoms with Crippen molar-refractivity contribution >= 4 is 26.0 Å². The van der Waals surface area contributed by atoms with Crippen LogP contribution in [0.15, 0.2) is 0 Å². The van der Waals surface area contributed by atoms with Crippen LogP contribution >= 0.6 is 11.8 Å². The summed E-state index contributed by atoms with van der Waals surface area (Å²) in [6.07, 6.45) is 0. The molecule has 0 aromatic heterocycles. The smallest absolute Gasteiger partial charge is 0.305 e. The Hall–Kier alpha value is 0.0369. The number of carbonyl (C=O) groups excluding carboxylic acids is 1. The van der Waals surface area contributed by atoms with E-state index in [4.69, 9.17) is 4.43 Å². The fourth-order valence-corrected chi connectivity index (χ4v) is 4.61. The van der Waals surface area contributed by atoms with Crippen LogP contribution in [0, 0.1) is 0 Å². The van der Waals surface area contributed by atoms with E-state index in [0.717, 1.165) is 5.38 Å². The van der Waals surface area contributed by atoms with E-state index >= 15 is 0 Å².